The quantitative estimate of drug-likeness (QED) is 0.811. The minimum atomic E-state index is -0.537. The summed E-state index contributed by atoms with van der Waals surface area (Å²) in [6.45, 7) is 6.37. The van der Waals surface area contributed by atoms with Crippen molar-refractivity contribution in [1.82, 2.24) is 14.8 Å². The summed E-state index contributed by atoms with van der Waals surface area (Å²) >= 11 is 0. The molecule has 1 fully saturated rings. The molecule has 2 atom stereocenters. The van der Waals surface area contributed by atoms with Crippen LogP contribution in [0.15, 0.2) is 6.07 Å². The molecule has 1 aromatic heterocycles. The van der Waals surface area contributed by atoms with Crippen molar-refractivity contribution < 1.29 is 19.7 Å². The summed E-state index contributed by atoms with van der Waals surface area (Å²) in [7, 11) is 1.59. The molecule has 0 radical (unpaired) electrons. The number of carbonyl (C=O) groups excluding carboxylic acids is 1. The zero-order valence-electron chi connectivity index (χ0n) is 15.1. The van der Waals surface area contributed by atoms with Crippen molar-refractivity contribution in [1.29, 1.82) is 0 Å². The second-order valence-electron chi connectivity index (χ2n) is 7.21. The third kappa shape index (κ3) is 3.49. The van der Waals surface area contributed by atoms with Gasteiger partial charge in [0.1, 0.15) is 0 Å². The first-order chi connectivity index (χ1) is 11.9. The average molecular weight is 349 g/mol. The monoisotopic (exact) mass is 349 g/mol. The largest absolute Gasteiger partial charge is 0.481 e. The Morgan fingerprint density at radius 1 is 1.44 bits per heavy atom. The van der Waals surface area contributed by atoms with Crippen LogP contribution < -0.4 is 4.74 Å². The number of piperidine rings is 1. The van der Waals surface area contributed by atoms with E-state index in [-0.39, 0.29) is 24.5 Å². The SMILES string of the molecule is COc1nc2c(cc1CN1CC[C@H](CO)[C@H](O)C1)C(=O)N(C(C)C)C2. The lowest BCUT2D eigenvalue weighted by Crippen LogP contribution is -2.44. The summed E-state index contributed by atoms with van der Waals surface area (Å²) in [4.78, 5) is 21.1. The van der Waals surface area contributed by atoms with E-state index in [0.717, 1.165) is 24.2 Å². The van der Waals surface area contributed by atoms with Crippen LogP contribution in [0.25, 0.3) is 0 Å². The molecule has 3 rings (SSSR count). The minimum Gasteiger partial charge on any atom is -0.481 e. The van der Waals surface area contributed by atoms with Gasteiger partial charge >= 0.3 is 0 Å². The first-order valence-electron chi connectivity index (χ1n) is 8.83. The number of likely N-dealkylation sites (tertiary alicyclic amines) is 1. The molecule has 7 nitrogen and oxygen atoms in total. The van der Waals surface area contributed by atoms with Crippen molar-refractivity contribution in [2.75, 3.05) is 26.8 Å². The molecule has 0 saturated carbocycles. The number of aliphatic hydroxyl groups is 2. The Morgan fingerprint density at radius 3 is 2.80 bits per heavy atom. The van der Waals surface area contributed by atoms with Crippen molar-refractivity contribution in [2.45, 2.75) is 45.5 Å². The molecular weight excluding hydrogens is 322 g/mol. The van der Waals surface area contributed by atoms with Crippen LogP contribution in [0, 0.1) is 5.92 Å². The number of carbonyl (C=O) groups is 1. The Balaban J connectivity index is 1.80. The average Bonchev–Trinajstić information content (AvgIpc) is 2.91. The molecule has 3 heterocycles. The molecule has 0 aliphatic carbocycles. The Morgan fingerprint density at radius 2 is 2.20 bits per heavy atom. The second-order valence-corrected chi connectivity index (χ2v) is 7.21. The minimum absolute atomic E-state index is 0.0122. The number of hydrogen-bond acceptors (Lipinski definition) is 6. The van der Waals surface area contributed by atoms with E-state index in [1.165, 1.54) is 0 Å². The lowest BCUT2D eigenvalue weighted by Gasteiger charge is -2.35. The van der Waals surface area contributed by atoms with Crippen LogP contribution in [-0.4, -0.2) is 69.9 Å². The highest BCUT2D eigenvalue weighted by Gasteiger charge is 2.33. The fourth-order valence-corrected chi connectivity index (χ4v) is 3.62. The highest BCUT2D eigenvalue weighted by molar-refractivity contribution is 5.98. The summed E-state index contributed by atoms with van der Waals surface area (Å²) in [5, 5.41) is 19.4. The maximum absolute atomic E-state index is 12.6. The van der Waals surface area contributed by atoms with Gasteiger partial charge in [-0.15, -0.1) is 0 Å². The van der Waals surface area contributed by atoms with Gasteiger partial charge in [0, 0.05) is 37.2 Å². The molecule has 0 bridgehead atoms. The molecule has 2 aliphatic heterocycles. The van der Waals surface area contributed by atoms with E-state index in [1.54, 1.807) is 12.0 Å². The van der Waals surface area contributed by atoms with Gasteiger partial charge in [-0.2, -0.15) is 0 Å². The van der Waals surface area contributed by atoms with Gasteiger partial charge in [0.15, 0.2) is 0 Å². The molecule has 0 spiro atoms. The Labute approximate surface area is 148 Å². The van der Waals surface area contributed by atoms with Gasteiger partial charge in [-0.05, 0) is 32.9 Å². The number of hydrogen-bond donors (Lipinski definition) is 2. The maximum Gasteiger partial charge on any atom is 0.256 e. The molecule has 2 aliphatic rings. The normalized spacial score (nSPS) is 24.1. The van der Waals surface area contributed by atoms with Crippen LogP contribution in [0.3, 0.4) is 0 Å². The molecule has 0 aromatic carbocycles. The Bertz CT molecular complexity index is 649. The molecule has 7 heteroatoms. The zero-order valence-corrected chi connectivity index (χ0v) is 15.1. The standard InChI is InChI=1S/C18H27N3O4/c1-11(2)21-8-15-14(18(21)24)6-13(17(19-15)25-3)7-20-5-4-12(10-22)16(23)9-20/h6,11-12,16,22-23H,4-5,7-10H2,1-3H3/t12-,16-/m1/s1. The molecule has 138 valence electrons. The van der Waals surface area contributed by atoms with E-state index in [4.69, 9.17) is 4.74 Å². The topological polar surface area (TPSA) is 86.1 Å². The van der Waals surface area contributed by atoms with Gasteiger partial charge < -0.3 is 19.8 Å². The van der Waals surface area contributed by atoms with Crippen LogP contribution in [-0.2, 0) is 13.1 Å². The summed E-state index contributed by atoms with van der Waals surface area (Å²) in [6, 6.07) is 2.01. The number of pyridine rings is 1. The number of β-amino-alcohol motifs (C(OH)–C–C–N with tert-alkyl or cyclic N) is 1. The van der Waals surface area contributed by atoms with Crippen molar-refractivity contribution >= 4 is 5.91 Å². The number of ether oxygens (including phenoxy) is 1. The van der Waals surface area contributed by atoms with Crippen molar-refractivity contribution in [2.24, 2.45) is 5.92 Å². The summed E-state index contributed by atoms with van der Waals surface area (Å²) in [5.41, 5.74) is 2.27. The number of rotatable bonds is 5. The Kier molecular flexibility index (Phi) is 5.27. The zero-order chi connectivity index (χ0) is 18.1. The number of nitrogens with zero attached hydrogens (tertiary/aromatic N) is 3. The third-order valence-electron chi connectivity index (χ3n) is 5.20. The first-order valence-corrected chi connectivity index (χ1v) is 8.83. The summed E-state index contributed by atoms with van der Waals surface area (Å²) in [6.07, 6.45) is 0.212. The Hall–Kier alpha value is -1.70. The van der Waals surface area contributed by atoms with E-state index in [1.807, 2.05) is 19.9 Å². The highest BCUT2D eigenvalue weighted by atomic mass is 16.5. The second kappa shape index (κ2) is 7.27. The van der Waals surface area contributed by atoms with Crippen LogP contribution in [0.2, 0.25) is 0 Å². The lowest BCUT2D eigenvalue weighted by molar-refractivity contribution is -0.00468. The summed E-state index contributed by atoms with van der Waals surface area (Å²) in [5.74, 6) is 0.494. The van der Waals surface area contributed by atoms with Gasteiger partial charge in [-0.25, -0.2) is 4.98 Å². The maximum atomic E-state index is 12.6. The van der Waals surface area contributed by atoms with Crippen molar-refractivity contribution in [3.63, 3.8) is 0 Å². The molecule has 1 aromatic rings. The van der Waals surface area contributed by atoms with Crippen LogP contribution in [0.4, 0.5) is 0 Å². The molecule has 2 N–H and O–H groups in total. The van der Waals surface area contributed by atoms with Gasteiger partial charge in [0.2, 0.25) is 5.88 Å². The van der Waals surface area contributed by atoms with Crippen LogP contribution in [0.5, 0.6) is 5.88 Å². The highest BCUT2D eigenvalue weighted by Crippen LogP contribution is 2.30. The lowest BCUT2D eigenvalue weighted by atomic mass is 9.94. The van der Waals surface area contributed by atoms with Gasteiger partial charge in [-0.3, -0.25) is 9.69 Å². The molecule has 0 unspecified atom stereocenters. The van der Waals surface area contributed by atoms with Crippen LogP contribution in [0.1, 0.15) is 41.9 Å². The van der Waals surface area contributed by atoms with Gasteiger partial charge in [0.25, 0.3) is 5.91 Å². The molecule has 1 saturated heterocycles. The molecule has 25 heavy (non-hydrogen) atoms. The molecule has 1 amide bonds. The smallest absolute Gasteiger partial charge is 0.256 e. The van der Waals surface area contributed by atoms with Crippen LogP contribution >= 0.6 is 0 Å². The number of aliphatic hydroxyl groups excluding tert-OH is 2. The first kappa shape index (κ1) is 18.1. The summed E-state index contributed by atoms with van der Waals surface area (Å²) < 4.78 is 5.44. The van der Waals surface area contributed by atoms with Crippen molar-refractivity contribution in [3.05, 3.63) is 22.9 Å². The third-order valence-corrected chi connectivity index (χ3v) is 5.20. The van der Waals surface area contributed by atoms with Crippen molar-refractivity contribution in [3.8, 4) is 5.88 Å². The number of amides is 1. The van der Waals surface area contributed by atoms with E-state index in [9.17, 15) is 15.0 Å². The predicted molar refractivity (Wildman–Crippen MR) is 92.3 cm³/mol. The van der Waals surface area contributed by atoms with Gasteiger partial charge in [-0.1, -0.05) is 0 Å². The predicted octanol–water partition coefficient (Wildman–Crippen LogP) is 0.629. The van der Waals surface area contributed by atoms with E-state index < -0.39 is 6.10 Å². The molecular formula is C18H27N3O4. The van der Waals surface area contributed by atoms with E-state index in [0.29, 0.717) is 31.1 Å². The van der Waals surface area contributed by atoms with Gasteiger partial charge in [0.05, 0.1) is 31.0 Å². The fourth-order valence-electron chi connectivity index (χ4n) is 3.62. The fraction of sp³-hybridized carbons (Fsp3) is 0.667. The van der Waals surface area contributed by atoms with E-state index >= 15 is 0 Å². The number of aromatic nitrogens is 1. The number of methoxy groups -OCH3 is 1. The van der Waals surface area contributed by atoms with E-state index in [2.05, 4.69) is 9.88 Å². The number of fused-ring (bicyclic) bond motifs is 1.